The summed E-state index contributed by atoms with van der Waals surface area (Å²) in [5, 5.41) is 3.77. The summed E-state index contributed by atoms with van der Waals surface area (Å²) in [7, 11) is 0. The van der Waals surface area contributed by atoms with Crippen molar-refractivity contribution in [3.05, 3.63) is 109 Å². The molecule has 0 bridgehead atoms. The number of alkyl halides is 3. The molecule has 40 heavy (non-hydrogen) atoms. The fraction of sp³-hybridized carbons (Fsp3) is 0.200. The number of thiophene rings is 1. The molecule has 0 spiro atoms. The smallest absolute Gasteiger partial charge is 0.416 e. The predicted molar refractivity (Wildman–Crippen MR) is 158 cm³/mol. The van der Waals surface area contributed by atoms with Crippen LogP contribution in [0.5, 0.6) is 5.75 Å². The number of nitrogens with zero attached hydrogens (tertiary/aromatic N) is 1. The van der Waals surface area contributed by atoms with Crippen molar-refractivity contribution in [2.24, 2.45) is 4.99 Å². The number of ether oxygens (including phenoxy) is 1. The summed E-state index contributed by atoms with van der Waals surface area (Å²) in [5.41, 5.74) is 2.10. The van der Waals surface area contributed by atoms with E-state index in [0.717, 1.165) is 58.3 Å². The van der Waals surface area contributed by atoms with Gasteiger partial charge in [-0.3, -0.25) is 4.79 Å². The molecule has 0 saturated carbocycles. The predicted octanol–water partition coefficient (Wildman–Crippen LogP) is 9.64. The summed E-state index contributed by atoms with van der Waals surface area (Å²) in [6.07, 6.45) is 0.635. The van der Waals surface area contributed by atoms with Crippen LogP contribution >= 0.6 is 38.9 Å². The molecule has 4 nitrogen and oxygen atoms in total. The average Bonchev–Trinajstić information content (AvgIpc) is 3.30. The van der Waals surface area contributed by atoms with E-state index in [1.54, 1.807) is 12.3 Å². The van der Waals surface area contributed by atoms with E-state index in [4.69, 9.17) is 21.3 Å². The van der Waals surface area contributed by atoms with Gasteiger partial charge in [0.1, 0.15) is 17.4 Å². The minimum atomic E-state index is -4.51. The Morgan fingerprint density at radius 2 is 1.88 bits per heavy atom. The zero-order valence-corrected chi connectivity index (χ0v) is 24.2. The minimum absolute atomic E-state index is 0.0766. The van der Waals surface area contributed by atoms with E-state index in [-0.39, 0.29) is 12.3 Å². The molecule has 10 heteroatoms. The third kappa shape index (κ3) is 6.59. The van der Waals surface area contributed by atoms with Gasteiger partial charge in [0, 0.05) is 37.4 Å². The second-order valence-electron chi connectivity index (χ2n) is 9.24. The molecular weight excluding hydrogens is 625 g/mol. The quantitative estimate of drug-likeness (QED) is 0.203. The van der Waals surface area contributed by atoms with Crippen LogP contribution in [-0.4, -0.2) is 12.1 Å². The van der Waals surface area contributed by atoms with E-state index in [1.807, 2.05) is 36.4 Å². The normalized spacial score (nSPS) is 13.3. The highest BCUT2D eigenvalue weighted by molar-refractivity contribution is 9.10. The Bertz CT molecular complexity index is 1590. The molecule has 0 saturated heterocycles. The number of rotatable bonds is 7. The number of anilines is 1. The number of halogens is 5. The van der Waals surface area contributed by atoms with E-state index in [9.17, 15) is 18.0 Å². The van der Waals surface area contributed by atoms with Gasteiger partial charge in [-0.15, -0.1) is 11.3 Å². The van der Waals surface area contributed by atoms with Crippen LogP contribution in [0.3, 0.4) is 0 Å². The van der Waals surface area contributed by atoms with Crippen molar-refractivity contribution in [1.82, 2.24) is 0 Å². The highest BCUT2D eigenvalue weighted by Crippen LogP contribution is 2.41. The Labute approximate surface area is 247 Å². The molecular formula is C30H23BrClF3N2O2S. The van der Waals surface area contributed by atoms with Gasteiger partial charge in [0.2, 0.25) is 0 Å². The molecule has 5 rings (SSSR count). The first-order chi connectivity index (χ1) is 19.2. The molecule has 0 unspecified atom stereocenters. The second kappa shape index (κ2) is 12.2. The molecule has 1 aliphatic rings. The second-order valence-corrected chi connectivity index (χ2v) is 11.7. The number of hydrogen-bond acceptors (Lipinski definition) is 4. The van der Waals surface area contributed by atoms with Gasteiger partial charge in [-0.05, 0) is 73.7 Å². The van der Waals surface area contributed by atoms with Gasteiger partial charge in [0.15, 0.2) is 0 Å². The van der Waals surface area contributed by atoms with Gasteiger partial charge in [-0.25, -0.2) is 4.99 Å². The summed E-state index contributed by atoms with van der Waals surface area (Å²) in [6, 6.07) is 17.6. The first kappa shape index (κ1) is 28.4. The summed E-state index contributed by atoms with van der Waals surface area (Å²) in [4.78, 5) is 19.2. The third-order valence-electron chi connectivity index (χ3n) is 6.46. The fourth-order valence-corrected chi connectivity index (χ4v) is 6.29. The highest BCUT2D eigenvalue weighted by Gasteiger charge is 2.31. The number of amides is 1. The Hall–Kier alpha value is -3.14. The number of fused-ring (bicyclic) bond motifs is 1. The van der Waals surface area contributed by atoms with Gasteiger partial charge in [0.05, 0.1) is 11.1 Å². The SMILES string of the molecule is O=C(Nc1cccc(C(F)(F)F)c1)c1c(/N=C/c2cc(Br)ccc2OCc2ccccc2Cl)sc2c1CCCC2. The van der Waals surface area contributed by atoms with Crippen LogP contribution in [0.25, 0.3) is 0 Å². The molecule has 0 fully saturated rings. The van der Waals surface area contributed by atoms with Crippen molar-refractivity contribution in [3.63, 3.8) is 0 Å². The van der Waals surface area contributed by atoms with Gasteiger partial charge >= 0.3 is 6.18 Å². The van der Waals surface area contributed by atoms with Crippen molar-refractivity contribution in [3.8, 4) is 5.75 Å². The molecule has 4 aromatic rings. The molecule has 3 aromatic carbocycles. The number of carbonyl (C=O) groups excluding carboxylic acids is 1. The molecule has 0 atom stereocenters. The number of benzene rings is 3. The lowest BCUT2D eigenvalue weighted by atomic mass is 9.95. The van der Waals surface area contributed by atoms with Crippen LogP contribution in [0, 0.1) is 0 Å². The van der Waals surface area contributed by atoms with Crippen molar-refractivity contribution in [2.75, 3.05) is 5.32 Å². The monoisotopic (exact) mass is 646 g/mol. The maximum Gasteiger partial charge on any atom is 0.416 e. The van der Waals surface area contributed by atoms with E-state index < -0.39 is 17.6 Å². The van der Waals surface area contributed by atoms with E-state index in [1.165, 1.54) is 23.5 Å². The van der Waals surface area contributed by atoms with Crippen molar-refractivity contribution >= 4 is 61.7 Å². The van der Waals surface area contributed by atoms with Crippen molar-refractivity contribution < 1.29 is 22.7 Å². The molecule has 1 amide bonds. The number of aryl methyl sites for hydroxylation is 1. The van der Waals surface area contributed by atoms with Gasteiger partial charge in [-0.1, -0.05) is 51.8 Å². The maximum absolute atomic E-state index is 13.4. The zero-order chi connectivity index (χ0) is 28.3. The lowest BCUT2D eigenvalue weighted by Gasteiger charge is -2.13. The Morgan fingerprint density at radius 3 is 2.67 bits per heavy atom. The first-order valence-corrected chi connectivity index (χ1v) is 14.5. The topological polar surface area (TPSA) is 50.7 Å². The summed E-state index contributed by atoms with van der Waals surface area (Å²) in [6.45, 7) is 0.264. The standard InChI is InChI=1S/C30H23BrClF3N2O2S/c31-21-12-13-25(39-17-18-6-1-3-10-24(18)32)19(14-21)16-36-29-27(23-9-2-4-11-26(23)40-29)28(38)37-22-8-5-7-20(15-22)30(33,34)35/h1,3,5-8,10,12-16H,2,4,9,11,17H2,(H,37,38)/b36-16+. The maximum atomic E-state index is 13.4. The molecule has 1 heterocycles. The van der Waals surface area contributed by atoms with E-state index in [0.29, 0.717) is 26.9 Å². The lowest BCUT2D eigenvalue weighted by molar-refractivity contribution is -0.137. The summed E-state index contributed by atoms with van der Waals surface area (Å²) in [5.74, 6) is 0.110. The molecule has 206 valence electrons. The van der Waals surface area contributed by atoms with E-state index in [2.05, 4.69) is 21.2 Å². The Kier molecular flexibility index (Phi) is 8.63. The number of hydrogen-bond donors (Lipinski definition) is 1. The number of aliphatic imine (C=N–C) groups is 1. The summed E-state index contributed by atoms with van der Waals surface area (Å²) >= 11 is 11.2. The molecule has 0 radical (unpaired) electrons. The van der Waals surface area contributed by atoms with Crippen molar-refractivity contribution in [1.29, 1.82) is 0 Å². The molecule has 0 aliphatic heterocycles. The lowest BCUT2D eigenvalue weighted by Crippen LogP contribution is -2.15. The van der Waals surface area contributed by atoms with Crippen LogP contribution in [0.15, 0.2) is 76.2 Å². The molecule has 1 N–H and O–H groups in total. The van der Waals surface area contributed by atoms with Gasteiger partial charge in [-0.2, -0.15) is 13.2 Å². The van der Waals surface area contributed by atoms with Gasteiger partial charge in [0.25, 0.3) is 5.91 Å². The highest BCUT2D eigenvalue weighted by atomic mass is 79.9. The van der Waals surface area contributed by atoms with Crippen LogP contribution in [0.4, 0.5) is 23.9 Å². The Balaban J connectivity index is 1.44. The fourth-order valence-electron chi connectivity index (χ4n) is 4.49. The first-order valence-electron chi connectivity index (χ1n) is 12.5. The van der Waals surface area contributed by atoms with Crippen LogP contribution < -0.4 is 10.1 Å². The van der Waals surface area contributed by atoms with Crippen molar-refractivity contribution in [2.45, 2.75) is 38.5 Å². The number of nitrogens with one attached hydrogen (secondary N) is 1. The molecule has 1 aliphatic carbocycles. The zero-order valence-electron chi connectivity index (χ0n) is 21.0. The minimum Gasteiger partial charge on any atom is -0.488 e. The Morgan fingerprint density at radius 1 is 1.07 bits per heavy atom. The van der Waals surface area contributed by atoms with E-state index >= 15 is 0 Å². The third-order valence-corrected chi connectivity index (χ3v) is 8.52. The number of carbonyl (C=O) groups is 1. The van der Waals surface area contributed by atoms with Gasteiger partial charge < -0.3 is 10.1 Å². The summed E-state index contributed by atoms with van der Waals surface area (Å²) < 4.78 is 46.5. The van der Waals surface area contributed by atoms with Crippen LogP contribution in [0.1, 0.15) is 50.3 Å². The van der Waals surface area contributed by atoms with Crippen LogP contribution in [-0.2, 0) is 25.6 Å². The average molecular weight is 648 g/mol. The molecule has 1 aromatic heterocycles. The largest absolute Gasteiger partial charge is 0.488 e. The van der Waals surface area contributed by atoms with Crippen LogP contribution in [0.2, 0.25) is 5.02 Å².